The lowest BCUT2D eigenvalue weighted by Crippen LogP contribution is -2.25. The third kappa shape index (κ3) is 4.54. The Morgan fingerprint density at radius 1 is 1.09 bits per heavy atom. The highest BCUT2D eigenvalue weighted by Crippen LogP contribution is 2.28. The summed E-state index contributed by atoms with van der Waals surface area (Å²) < 4.78 is 0. The molecule has 2 rings (SSSR count). The van der Waals surface area contributed by atoms with Crippen molar-refractivity contribution in [3.8, 4) is 0 Å². The van der Waals surface area contributed by atoms with Gasteiger partial charge in [-0.1, -0.05) is 0 Å². The Morgan fingerprint density at radius 2 is 1.74 bits per heavy atom. The summed E-state index contributed by atoms with van der Waals surface area (Å²) in [5, 5.41) is 2.70. The molecule has 6 heteroatoms. The van der Waals surface area contributed by atoms with Crippen LogP contribution < -0.4 is 16.8 Å². The quantitative estimate of drug-likeness (QED) is 0.584. The van der Waals surface area contributed by atoms with E-state index in [0.717, 1.165) is 17.0 Å². The van der Waals surface area contributed by atoms with Gasteiger partial charge in [-0.15, -0.1) is 0 Å². The van der Waals surface area contributed by atoms with Crippen molar-refractivity contribution in [2.45, 2.75) is 13.8 Å². The standard InChI is InChI=1S/C17H21N5O/c1-3-20-17(23)10-21-12-4-6-13(7-5-12)22-16-8-11(2)14(18)9-15(16)19/h4-9H,3,10,18-19H2,1-2H3,(H,20,23). The summed E-state index contributed by atoms with van der Waals surface area (Å²) in [4.78, 5) is 20.1. The molecule has 1 amide bonds. The third-order valence-corrected chi connectivity index (χ3v) is 3.29. The van der Waals surface area contributed by atoms with Gasteiger partial charge in [0.25, 0.3) is 0 Å². The molecule has 0 aliphatic heterocycles. The van der Waals surface area contributed by atoms with Crippen molar-refractivity contribution in [2.24, 2.45) is 9.98 Å². The fraction of sp³-hybridized carbons (Fsp3) is 0.235. The van der Waals surface area contributed by atoms with Crippen LogP contribution in [0.4, 0.5) is 17.1 Å². The maximum atomic E-state index is 11.4. The van der Waals surface area contributed by atoms with E-state index in [1.54, 1.807) is 6.07 Å². The highest BCUT2D eigenvalue weighted by Gasteiger charge is 2.05. The molecule has 0 atom stereocenters. The molecule has 0 fully saturated rings. The number of hydrogen-bond donors (Lipinski definition) is 3. The van der Waals surface area contributed by atoms with Gasteiger partial charge in [-0.05, 0) is 55.8 Å². The fourth-order valence-corrected chi connectivity index (χ4v) is 2.01. The topological polar surface area (TPSA) is 106 Å². The van der Waals surface area contributed by atoms with Crippen molar-refractivity contribution in [3.63, 3.8) is 0 Å². The Morgan fingerprint density at radius 3 is 2.39 bits per heavy atom. The molecule has 0 saturated heterocycles. The predicted molar refractivity (Wildman–Crippen MR) is 96.4 cm³/mol. The van der Waals surface area contributed by atoms with E-state index < -0.39 is 0 Å². The first kappa shape index (κ1) is 16.5. The lowest BCUT2D eigenvalue weighted by Gasteiger charge is -2.07. The summed E-state index contributed by atoms with van der Waals surface area (Å²) in [6.07, 6.45) is 7.31. The van der Waals surface area contributed by atoms with Gasteiger partial charge in [0.2, 0.25) is 5.91 Å². The van der Waals surface area contributed by atoms with E-state index >= 15 is 0 Å². The van der Waals surface area contributed by atoms with Crippen LogP contribution in [0, 0.1) is 6.92 Å². The molecule has 5 N–H and O–H groups in total. The van der Waals surface area contributed by atoms with Crippen molar-refractivity contribution in [2.75, 3.05) is 24.6 Å². The van der Waals surface area contributed by atoms with E-state index in [9.17, 15) is 4.79 Å². The minimum absolute atomic E-state index is 0.0913. The molecule has 6 nitrogen and oxygen atoms in total. The lowest BCUT2D eigenvalue weighted by molar-refractivity contribution is -0.119. The number of allylic oxidation sites excluding steroid dienone is 4. The number of likely N-dealkylation sites (N-methyl/N-ethyl adjacent to an activating group) is 1. The first-order valence-electron chi connectivity index (χ1n) is 7.41. The molecule has 0 radical (unpaired) electrons. The Bertz CT molecular complexity index is 711. The summed E-state index contributed by atoms with van der Waals surface area (Å²) in [6.45, 7) is 4.51. The minimum Gasteiger partial charge on any atom is -0.398 e. The maximum absolute atomic E-state index is 11.4. The lowest BCUT2D eigenvalue weighted by atomic mass is 10.1. The van der Waals surface area contributed by atoms with Gasteiger partial charge in [-0.3, -0.25) is 9.79 Å². The number of nitrogens with one attached hydrogen (secondary N) is 1. The number of hydrogen-bond acceptors (Lipinski definition) is 5. The number of nitrogens with zero attached hydrogens (tertiary/aromatic N) is 2. The summed E-state index contributed by atoms with van der Waals surface area (Å²) in [5.74, 6) is -0.0913. The van der Waals surface area contributed by atoms with E-state index in [1.807, 2.05) is 44.2 Å². The number of rotatable bonds is 4. The molecule has 0 spiro atoms. The second-order valence-electron chi connectivity index (χ2n) is 5.17. The molecular weight excluding hydrogens is 290 g/mol. The highest BCUT2D eigenvalue weighted by atomic mass is 16.1. The SMILES string of the molecule is CCNC(=O)CN=C1C=CC(=Nc2cc(C)c(N)cc2N)C=C1. The van der Waals surface area contributed by atoms with Crippen molar-refractivity contribution in [1.82, 2.24) is 5.32 Å². The van der Waals surface area contributed by atoms with Gasteiger partial charge in [-0.25, -0.2) is 4.99 Å². The van der Waals surface area contributed by atoms with E-state index in [2.05, 4.69) is 15.3 Å². The highest BCUT2D eigenvalue weighted by molar-refractivity contribution is 6.19. The minimum atomic E-state index is -0.0913. The van der Waals surface area contributed by atoms with Crippen molar-refractivity contribution >= 4 is 34.4 Å². The van der Waals surface area contributed by atoms with Gasteiger partial charge < -0.3 is 16.8 Å². The van der Waals surface area contributed by atoms with E-state index in [0.29, 0.717) is 23.6 Å². The predicted octanol–water partition coefficient (Wildman–Crippen LogP) is 1.94. The zero-order chi connectivity index (χ0) is 16.8. The molecule has 1 aromatic carbocycles. The van der Waals surface area contributed by atoms with Crippen LogP contribution in [-0.2, 0) is 4.79 Å². The number of nitrogen functional groups attached to an aromatic ring is 2. The van der Waals surface area contributed by atoms with Crippen LogP contribution >= 0.6 is 0 Å². The second kappa shape index (κ2) is 7.40. The molecule has 0 aromatic heterocycles. The normalized spacial score (nSPS) is 13.1. The number of benzene rings is 1. The molecule has 0 heterocycles. The van der Waals surface area contributed by atoms with E-state index in [1.165, 1.54) is 0 Å². The zero-order valence-corrected chi connectivity index (χ0v) is 13.3. The third-order valence-electron chi connectivity index (χ3n) is 3.29. The molecule has 1 aliphatic rings. The van der Waals surface area contributed by atoms with Crippen LogP contribution in [0.2, 0.25) is 0 Å². The monoisotopic (exact) mass is 311 g/mol. The molecule has 0 bridgehead atoms. The smallest absolute Gasteiger partial charge is 0.241 e. The molecule has 0 unspecified atom stereocenters. The van der Waals surface area contributed by atoms with Gasteiger partial charge in [-0.2, -0.15) is 0 Å². The van der Waals surface area contributed by atoms with E-state index in [4.69, 9.17) is 11.5 Å². The van der Waals surface area contributed by atoms with Crippen LogP contribution in [0.3, 0.4) is 0 Å². The van der Waals surface area contributed by atoms with Gasteiger partial charge in [0.15, 0.2) is 0 Å². The summed E-state index contributed by atoms with van der Waals surface area (Å²) in [5.41, 5.74) is 16.1. The summed E-state index contributed by atoms with van der Waals surface area (Å²) >= 11 is 0. The number of anilines is 2. The molecule has 0 saturated carbocycles. The van der Waals surface area contributed by atoms with Crippen molar-refractivity contribution < 1.29 is 4.79 Å². The maximum Gasteiger partial charge on any atom is 0.241 e. The molecule has 23 heavy (non-hydrogen) atoms. The van der Waals surface area contributed by atoms with Crippen LogP contribution in [-0.4, -0.2) is 30.4 Å². The van der Waals surface area contributed by atoms with Crippen LogP contribution in [0.15, 0.2) is 46.4 Å². The van der Waals surface area contributed by atoms with Crippen molar-refractivity contribution in [3.05, 3.63) is 42.0 Å². The summed E-state index contributed by atoms with van der Waals surface area (Å²) in [7, 11) is 0. The number of aryl methyl sites for hydroxylation is 1. The number of nitrogens with two attached hydrogens (primary N) is 2. The molecular formula is C17H21N5O. The second-order valence-corrected chi connectivity index (χ2v) is 5.17. The fourth-order valence-electron chi connectivity index (χ4n) is 2.01. The van der Waals surface area contributed by atoms with Gasteiger partial charge in [0, 0.05) is 12.2 Å². The number of aliphatic imine (C=N–C) groups is 2. The van der Waals surface area contributed by atoms with Crippen molar-refractivity contribution in [1.29, 1.82) is 0 Å². The summed E-state index contributed by atoms with van der Waals surface area (Å²) in [6, 6.07) is 3.57. The Hall–Kier alpha value is -2.89. The molecule has 1 aliphatic carbocycles. The zero-order valence-electron chi connectivity index (χ0n) is 13.3. The number of amides is 1. The van der Waals surface area contributed by atoms with E-state index in [-0.39, 0.29) is 12.5 Å². The van der Waals surface area contributed by atoms with Gasteiger partial charge >= 0.3 is 0 Å². The number of carbonyl (C=O) groups is 1. The average Bonchev–Trinajstić information content (AvgIpc) is 2.52. The average molecular weight is 311 g/mol. The first-order valence-corrected chi connectivity index (χ1v) is 7.41. The first-order chi connectivity index (χ1) is 11.0. The molecule has 120 valence electrons. The Balaban J connectivity index is 2.10. The largest absolute Gasteiger partial charge is 0.398 e. The number of carbonyl (C=O) groups excluding carboxylic acids is 1. The molecule has 1 aromatic rings. The van der Waals surface area contributed by atoms with Crippen LogP contribution in [0.5, 0.6) is 0 Å². The Labute approximate surface area is 135 Å². The van der Waals surface area contributed by atoms with Gasteiger partial charge in [0.1, 0.15) is 6.54 Å². The Kier molecular flexibility index (Phi) is 5.30. The van der Waals surface area contributed by atoms with Crippen LogP contribution in [0.1, 0.15) is 12.5 Å². The van der Waals surface area contributed by atoms with Crippen LogP contribution in [0.25, 0.3) is 0 Å². The van der Waals surface area contributed by atoms with Gasteiger partial charge in [0.05, 0.1) is 22.8 Å².